The zero-order chi connectivity index (χ0) is 13.3. The van der Waals surface area contributed by atoms with E-state index in [1.54, 1.807) is 11.3 Å². The van der Waals surface area contributed by atoms with Crippen LogP contribution in [0.15, 0.2) is 6.07 Å². The van der Waals surface area contributed by atoms with Crippen molar-refractivity contribution in [2.75, 3.05) is 6.54 Å². The fourth-order valence-electron chi connectivity index (χ4n) is 2.12. The summed E-state index contributed by atoms with van der Waals surface area (Å²) in [6.45, 7) is 9.22. The maximum absolute atomic E-state index is 5.56. The van der Waals surface area contributed by atoms with Crippen LogP contribution in [0.4, 0.5) is 0 Å². The second-order valence-electron chi connectivity index (χ2n) is 4.67. The molecule has 1 heterocycles. The van der Waals surface area contributed by atoms with Crippen molar-refractivity contribution in [1.29, 1.82) is 0 Å². The number of rotatable bonds is 3. The molecule has 2 N–H and O–H groups in total. The Morgan fingerprint density at radius 2 is 1.67 bits per heavy atom. The normalized spacial score (nSPS) is 10.9. The van der Waals surface area contributed by atoms with E-state index in [9.17, 15) is 0 Å². The summed E-state index contributed by atoms with van der Waals surface area (Å²) in [5.41, 5.74) is 12.0. The lowest BCUT2D eigenvalue weighted by atomic mass is 9.95. The third-order valence-electron chi connectivity index (χ3n) is 3.40. The van der Waals surface area contributed by atoms with Crippen molar-refractivity contribution in [2.24, 2.45) is 5.73 Å². The molecule has 0 unspecified atom stereocenters. The van der Waals surface area contributed by atoms with Gasteiger partial charge in [0.15, 0.2) is 0 Å². The van der Waals surface area contributed by atoms with Crippen molar-refractivity contribution in [3.05, 3.63) is 33.3 Å². The summed E-state index contributed by atoms with van der Waals surface area (Å²) in [7, 11) is 0. The molecule has 0 spiro atoms. The van der Waals surface area contributed by atoms with Crippen LogP contribution in [0.1, 0.15) is 27.3 Å². The lowest BCUT2D eigenvalue weighted by Gasteiger charge is -2.12. The molecule has 0 atom stereocenters. The van der Waals surface area contributed by atoms with Gasteiger partial charge in [-0.05, 0) is 56.5 Å². The summed E-state index contributed by atoms with van der Waals surface area (Å²) < 4.78 is 0. The van der Waals surface area contributed by atoms with E-state index < -0.39 is 0 Å². The zero-order valence-corrected chi connectivity index (χ0v) is 12.2. The van der Waals surface area contributed by atoms with Crippen molar-refractivity contribution >= 4 is 11.3 Å². The van der Waals surface area contributed by atoms with E-state index >= 15 is 0 Å². The quantitative estimate of drug-likeness (QED) is 0.924. The summed E-state index contributed by atoms with van der Waals surface area (Å²) in [5, 5.41) is 10.6. The Labute approximate surface area is 112 Å². The van der Waals surface area contributed by atoms with Gasteiger partial charge in [-0.1, -0.05) is 17.4 Å². The summed E-state index contributed by atoms with van der Waals surface area (Å²) in [6.07, 6.45) is 0.806. The summed E-state index contributed by atoms with van der Waals surface area (Å²) in [6, 6.07) is 2.23. The van der Waals surface area contributed by atoms with E-state index in [1.807, 2.05) is 0 Å². The highest BCUT2D eigenvalue weighted by atomic mass is 32.1. The first-order valence-corrected chi connectivity index (χ1v) is 6.96. The van der Waals surface area contributed by atoms with Crippen LogP contribution >= 0.6 is 11.3 Å². The summed E-state index contributed by atoms with van der Waals surface area (Å²) >= 11 is 1.65. The third kappa shape index (κ3) is 2.31. The Bertz CT molecular complexity index is 546. The van der Waals surface area contributed by atoms with Crippen molar-refractivity contribution < 1.29 is 0 Å². The molecule has 2 aromatic rings. The lowest BCUT2D eigenvalue weighted by molar-refractivity contribution is 0.913. The first-order valence-electron chi connectivity index (χ1n) is 6.14. The van der Waals surface area contributed by atoms with Crippen LogP contribution in [0, 0.1) is 27.7 Å². The number of aryl methyl sites for hydroxylation is 2. The molecule has 0 saturated carbocycles. The Balaban J connectivity index is 2.55. The molecular weight excluding hydrogens is 242 g/mol. The maximum atomic E-state index is 5.56. The predicted molar refractivity (Wildman–Crippen MR) is 77.1 cm³/mol. The number of nitrogens with two attached hydrogens (primary N) is 1. The van der Waals surface area contributed by atoms with Gasteiger partial charge < -0.3 is 5.73 Å². The molecule has 0 aliphatic heterocycles. The number of hydrogen-bond donors (Lipinski definition) is 1. The van der Waals surface area contributed by atoms with Crippen LogP contribution in [0.25, 0.3) is 10.6 Å². The third-order valence-corrected chi connectivity index (χ3v) is 4.41. The van der Waals surface area contributed by atoms with Gasteiger partial charge in [-0.2, -0.15) is 0 Å². The Morgan fingerprint density at radius 1 is 1.06 bits per heavy atom. The topological polar surface area (TPSA) is 51.8 Å². The molecule has 0 saturated heterocycles. The minimum Gasteiger partial charge on any atom is -0.330 e. The molecule has 96 valence electrons. The van der Waals surface area contributed by atoms with Crippen molar-refractivity contribution in [2.45, 2.75) is 34.1 Å². The highest BCUT2D eigenvalue weighted by molar-refractivity contribution is 7.14. The molecule has 0 radical (unpaired) electrons. The highest BCUT2D eigenvalue weighted by Crippen LogP contribution is 2.33. The Kier molecular flexibility index (Phi) is 3.78. The van der Waals surface area contributed by atoms with Gasteiger partial charge in [0.2, 0.25) is 0 Å². The highest BCUT2D eigenvalue weighted by Gasteiger charge is 2.14. The van der Waals surface area contributed by atoms with E-state index in [4.69, 9.17) is 5.73 Å². The average Bonchev–Trinajstić information content (AvgIpc) is 2.76. The van der Waals surface area contributed by atoms with Crippen LogP contribution in [-0.4, -0.2) is 16.7 Å². The Morgan fingerprint density at radius 3 is 2.22 bits per heavy atom. The SMILES string of the molecule is Cc1cc(C)c(C)c(-c2nnc(CCN)s2)c1C. The number of hydrogen-bond acceptors (Lipinski definition) is 4. The van der Waals surface area contributed by atoms with E-state index in [0.29, 0.717) is 6.54 Å². The fraction of sp³-hybridized carbons (Fsp3) is 0.429. The molecule has 0 amide bonds. The minimum absolute atomic E-state index is 0.624. The van der Waals surface area contributed by atoms with E-state index in [1.165, 1.54) is 27.8 Å². The van der Waals surface area contributed by atoms with Crippen molar-refractivity contribution in [3.63, 3.8) is 0 Å². The average molecular weight is 261 g/mol. The second kappa shape index (κ2) is 5.16. The molecule has 3 nitrogen and oxygen atoms in total. The monoisotopic (exact) mass is 261 g/mol. The van der Waals surface area contributed by atoms with Crippen LogP contribution in [0.5, 0.6) is 0 Å². The smallest absolute Gasteiger partial charge is 0.148 e. The van der Waals surface area contributed by atoms with Crippen LogP contribution in [0.3, 0.4) is 0 Å². The van der Waals surface area contributed by atoms with Gasteiger partial charge in [-0.25, -0.2) is 0 Å². The molecule has 4 heteroatoms. The summed E-state index contributed by atoms with van der Waals surface area (Å²) in [5.74, 6) is 0. The number of aromatic nitrogens is 2. The largest absolute Gasteiger partial charge is 0.330 e. The van der Waals surface area contributed by atoms with E-state index in [0.717, 1.165) is 16.4 Å². The molecule has 0 aliphatic rings. The van der Waals surface area contributed by atoms with Gasteiger partial charge in [0.1, 0.15) is 10.0 Å². The van der Waals surface area contributed by atoms with E-state index in [2.05, 4.69) is 44.0 Å². The predicted octanol–water partition coefficient (Wildman–Crippen LogP) is 2.94. The first-order chi connectivity index (χ1) is 8.54. The van der Waals surface area contributed by atoms with Gasteiger partial charge in [0, 0.05) is 12.0 Å². The molecule has 1 aromatic carbocycles. The maximum Gasteiger partial charge on any atom is 0.148 e. The minimum atomic E-state index is 0.624. The molecule has 0 aliphatic carbocycles. The van der Waals surface area contributed by atoms with Crippen LogP contribution in [0.2, 0.25) is 0 Å². The molecule has 0 bridgehead atoms. The number of benzene rings is 1. The summed E-state index contributed by atoms with van der Waals surface area (Å²) in [4.78, 5) is 0. The van der Waals surface area contributed by atoms with Crippen LogP contribution in [-0.2, 0) is 6.42 Å². The van der Waals surface area contributed by atoms with Crippen molar-refractivity contribution in [3.8, 4) is 10.6 Å². The van der Waals surface area contributed by atoms with Gasteiger partial charge >= 0.3 is 0 Å². The fourth-order valence-corrected chi connectivity index (χ4v) is 3.13. The number of nitrogens with zero attached hydrogens (tertiary/aromatic N) is 2. The molecule has 2 rings (SSSR count). The first kappa shape index (κ1) is 13.2. The molecule has 18 heavy (non-hydrogen) atoms. The standard InChI is InChI=1S/C14H19N3S/c1-8-7-9(2)11(4)13(10(8)3)14-17-16-12(18-14)5-6-15/h7H,5-6,15H2,1-4H3. The van der Waals surface area contributed by atoms with Crippen molar-refractivity contribution in [1.82, 2.24) is 10.2 Å². The molecule has 1 aromatic heterocycles. The van der Waals surface area contributed by atoms with Gasteiger partial charge in [-0.3, -0.25) is 0 Å². The van der Waals surface area contributed by atoms with E-state index in [-0.39, 0.29) is 0 Å². The van der Waals surface area contributed by atoms with Gasteiger partial charge in [-0.15, -0.1) is 10.2 Å². The molecular formula is C14H19N3S. The van der Waals surface area contributed by atoms with Crippen LogP contribution < -0.4 is 5.73 Å². The van der Waals surface area contributed by atoms with Gasteiger partial charge in [0.25, 0.3) is 0 Å². The lowest BCUT2D eigenvalue weighted by Crippen LogP contribution is -2.01. The van der Waals surface area contributed by atoms with Gasteiger partial charge in [0.05, 0.1) is 0 Å². The zero-order valence-electron chi connectivity index (χ0n) is 11.4. The Hall–Kier alpha value is -1.26. The molecule has 0 fully saturated rings. The second-order valence-corrected chi connectivity index (χ2v) is 5.74.